The van der Waals surface area contributed by atoms with Gasteiger partial charge in [-0.3, -0.25) is 4.74 Å². The molecule has 36 heavy (non-hydrogen) atoms. The molecule has 0 spiro atoms. The number of hydrogen-bond donors (Lipinski definition) is 0. The summed E-state index contributed by atoms with van der Waals surface area (Å²) < 4.78 is 118. The average Bonchev–Trinajstić information content (AvgIpc) is 2.70. The monoisotopic (exact) mass is 514 g/mol. The summed E-state index contributed by atoms with van der Waals surface area (Å²) in [6.45, 7) is 3.18. The highest BCUT2D eigenvalue weighted by Crippen LogP contribution is 2.40. The predicted molar refractivity (Wildman–Crippen MR) is 121 cm³/mol. The fourth-order valence-electron chi connectivity index (χ4n) is 3.65. The van der Waals surface area contributed by atoms with Crippen LogP contribution in [0.2, 0.25) is 0 Å². The molecule has 0 aliphatic carbocycles. The van der Waals surface area contributed by atoms with Crippen molar-refractivity contribution < 1.29 is 39.9 Å². The van der Waals surface area contributed by atoms with Crippen molar-refractivity contribution >= 4 is 12.2 Å². The van der Waals surface area contributed by atoms with E-state index in [1.807, 2.05) is 6.92 Å². The van der Waals surface area contributed by atoms with Gasteiger partial charge < -0.3 is 0 Å². The van der Waals surface area contributed by atoms with Crippen molar-refractivity contribution in [3.05, 3.63) is 93.8 Å². The number of alkyl halides is 3. The second-order valence-corrected chi connectivity index (χ2v) is 8.60. The first-order chi connectivity index (χ1) is 16.7. The molecule has 0 unspecified atom stereocenters. The summed E-state index contributed by atoms with van der Waals surface area (Å²) in [7, 11) is 0. The van der Waals surface area contributed by atoms with Gasteiger partial charge in [0.1, 0.15) is 34.6 Å². The minimum absolute atomic E-state index is 0.0199. The first kappa shape index (κ1) is 27.4. The zero-order valence-electron chi connectivity index (χ0n) is 19.5. The number of rotatable bonds is 8. The molecule has 0 aliphatic rings. The molecule has 192 valence electrons. The Morgan fingerprint density at radius 3 is 1.83 bits per heavy atom. The van der Waals surface area contributed by atoms with Crippen molar-refractivity contribution in [2.45, 2.75) is 45.6 Å². The van der Waals surface area contributed by atoms with E-state index in [2.05, 4.69) is 4.74 Å². The third kappa shape index (κ3) is 6.32. The minimum Gasteiger partial charge on any atom is -0.279 e. The minimum atomic E-state index is -4.69. The summed E-state index contributed by atoms with van der Waals surface area (Å²) in [5.41, 5.74) is -2.51. The Bertz CT molecular complexity index is 1250. The molecule has 0 atom stereocenters. The lowest BCUT2D eigenvalue weighted by Gasteiger charge is -2.24. The summed E-state index contributed by atoms with van der Waals surface area (Å²) in [6.07, 6.45) is -0.613. The maximum atomic E-state index is 14.7. The molecule has 0 bridgehead atoms. The number of benzene rings is 3. The van der Waals surface area contributed by atoms with E-state index in [0.29, 0.717) is 32.4 Å². The van der Waals surface area contributed by atoms with Gasteiger partial charge in [0.15, 0.2) is 0 Å². The van der Waals surface area contributed by atoms with Gasteiger partial charge in [0.05, 0.1) is 5.56 Å². The SMILES string of the molecule is CCCc1ccc(/C=C/c2cc(F)c(-c3cc(F)c(C(F)(F)OC(C)(C)F)c(F)c3)c(F)c2)c(F)c1. The van der Waals surface area contributed by atoms with Gasteiger partial charge in [-0.2, -0.15) is 8.78 Å². The van der Waals surface area contributed by atoms with Crippen LogP contribution in [0.25, 0.3) is 23.3 Å². The quantitative estimate of drug-likeness (QED) is 0.215. The Morgan fingerprint density at radius 2 is 1.33 bits per heavy atom. The van der Waals surface area contributed by atoms with Gasteiger partial charge in [0, 0.05) is 5.56 Å². The lowest BCUT2D eigenvalue weighted by molar-refractivity contribution is -0.331. The number of halogens is 8. The van der Waals surface area contributed by atoms with Crippen molar-refractivity contribution in [3.8, 4) is 11.1 Å². The summed E-state index contributed by atoms with van der Waals surface area (Å²) in [4.78, 5) is 0. The maximum Gasteiger partial charge on any atom is 0.391 e. The first-order valence-electron chi connectivity index (χ1n) is 10.9. The van der Waals surface area contributed by atoms with Crippen LogP contribution >= 0.6 is 0 Å². The molecule has 0 aliphatic heterocycles. The zero-order valence-corrected chi connectivity index (χ0v) is 19.5. The van der Waals surface area contributed by atoms with Gasteiger partial charge >= 0.3 is 6.11 Å². The van der Waals surface area contributed by atoms with Crippen LogP contribution in [-0.4, -0.2) is 5.85 Å². The molecule has 0 fully saturated rings. The molecule has 0 saturated heterocycles. The molecule has 9 heteroatoms. The highest BCUT2D eigenvalue weighted by molar-refractivity contribution is 5.73. The lowest BCUT2D eigenvalue weighted by Crippen LogP contribution is -2.31. The molecule has 0 aromatic heterocycles. The molecule has 1 nitrogen and oxygen atoms in total. The highest BCUT2D eigenvalue weighted by atomic mass is 19.3. The summed E-state index contributed by atoms with van der Waals surface area (Å²) in [6, 6.07) is 6.89. The highest BCUT2D eigenvalue weighted by Gasteiger charge is 2.44. The van der Waals surface area contributed by atoms with Crippen LogP contribution < -0.4 is 0 Å². The predicted octanol–water partition coefficient (Wildman–Crippen LogP) is 8.94. The van der Waals surface area contributed by atoms with E-state index in [1.54, 1.807) is 6.07 Å². The third-order valence-electron chi connectivity index (χ3n) is 5.12. The van der Waals surface area contributed by atoms with Crippen LogP contribution in [-0.2, 0) is 17.3 Å². The van der Waals surface area contributed by atoms with Gasteiger partial charge in [0.25, 0.3) is 0 Å². The van der Waals surface area contributed by atoms with Crippen molar-refractivity contribution in [1.29, 1.82) is 0 Å². The summed E-state index contributed by atoms with van der Waals surface area (Å²) in [5.74, 6) is -9.70. The van der Waals surface area contributed by atoms with Crippen molar-refractivity contribution in [2.75, 3.05) is 0 Å². The van der Waals surface area contributed by atoms with Crippen LogP contribution in [0.1, 0.15) is 49.4 Å². The number of hydrogen-bond acceptors (Lipinski definition) is 1. The van der Waals surface area contributed by atoms with Crippen molar-refractivity contribution in [1.82, 2.24) is 0 Å². The molecular formula is C27H22F8O. The van der Waals surface area contributed by atoms with E-state index in [9.17, 15) is 35.1 Å². The fourth-order valence-corrected chi connectivity index (χ4v) is 3.65. The van der Waals surface area contributed by atoms with E-state index < -0.39 is 57.7 Å². The van der Waals surface area contributed by atoms with E-state index in [0.717, 1.165) is 24.1 Å². The van der Waals surface area contributed by atoms with E-state index >= 15 is 0 Å². The fraction of sp³-hybridized carbons (Fsp3) is 0.259. The molecule has 0 heterocycles. The Morgan fingerprint density at radius 1 is 0.750 bits per heavy atom. The van der Waals surface area contributed by atoms with E-state index in [1.165, 1.54) is 24.3 Å². The third-order valence-corrected chi connectivity index (χ3v) is 5.12. The molecule has 3 aromatic rings. The Hall–Kier alpha value is -3.20. The molecule has 0 saturated carbocycles. The average molecular weight is 514 g/mol. The standard InChI is InChI=1S/C27H22F8O/c1-4-5-15-6-8-17(19(28)10-15)9-7-16-11-20(29)24(21(30)12-16)18-13-22(31)25(23(32)14-18)27(34,35)36-26(2,3)33/h6-14H,4-5H2,1-3H3/b9-7+. The van der Waals surface area contributed by atoms with Crippen LogP contribution in [0.3, 0.4) is 0 Å². The van der Waals surface area contributed by atoms with Gasteiger partial charge in [-0.05, 0) is 67.3 Å². The van der Waals surface area contributed by atoms with Crippen LogP contribution in [0.15, 0.2) is 42.5 Å². The van der Waals surface area contributed by atoms with E-state index in [4.69, 9.17) is 0 Å². The van der Waals surface area contributed by atoms with Crippen molar-refractivity contribution in [3.63, 3.8) is 0 Å². The Kier molecular flexibility index (Phi) is 7.93. The molecule has 0 N–H and O–H groups in total. The molecule has 3 aromatic carbocycles. The first-order valence-corrected chi connectivity index (χ1v) is 10.9. The van der Waals surface area contributed by atoms with Crippen molar-refractivity contribution in [2.24, 2.45) is 0 Å². The molecular weight excluding hydrogens is 492 g/mol. The maximum absolute atomic E-state index is 14.7. The zero-order chi connectivity index (χ0) is 26.8. The molecule has 0 radical (unpaired) electrons. The normalized spacial score (nSPS) is 12.5. The largest absolute Gasteiger partial charge is 0.391 e. The summed E-state index contributed by atoms with van der Waals surface area (Å²) in [5, 5.41) is 0. The molecule has 3 rings (SSSR count). The second kappa shape index (κ2) is 10.4. The topological polar surface area (TPSA) is 9.23 Å². The number of ether oxygens (including phenoxy) is 1. The van der Waals surface area contributed by atoms with Gasteiger partial charge in [-0.15, -0.1) is 0 Å². The van der Waals surface area contributed by atoms with Gasteiger partial charge in [-0.1, -0.05) is 37.6 Å². The van der Waals surface area contributed by atoms with E-state index in [-0.39, 0.29) is 11.1 Å². The van der Waals surface area contributed by atoms with Crippen LogP contribution in [0.4, 0.5) is 35.1 Å². The Labute approximate surface area is 203 Å². The lowest BCUT2D eigenvalue weighted by atomic mass is 9.99. The van der Waals surface area contributed by atoms with Crippen LogP contribution in [0, 0.1) is 29.1 Å². The molecule has 0 amide bonds. The smallest absolute Gasteiger partial charge is 0.279 e. The van der Waals surface area contributed by atoms with Crippen LogP contribution in [0.5, 0.6) is 0 Å². The Balaban J connectivity index is 1.94. The summed E-state index contributed by atoms with van der Waals surface area (Å²) >= 11 is 0. The van der Waals surface area contributed by atoms with Gasteiger partial charge in [0.2, 0.25) is 5.85 Å². The second-order valence-electron chi connectivity index (χ2n) is 8.60. The number of aryl methyl sites for hydroxylation is 1. The van der Waals surface area contributed by atoms with Gasteiger partial charge in [-0.25, -0.2) is 26.3 Å².